The molecule has 1 saturated carbocycles. The van der Waals surface area contributed by atoms with Crippen LogP contribution in [0.15, 0.2) is 0 Å². The molecule has 2 fully saturated rings. The Bertz CT molecular complexity index is 165. The molecule has 1 aliphatic carbocycles. The van der Waals surface area contributed by atoms with Gasteiger partial charge >= 0.3 is 0 Å². The van der Waals surface area contributed by atoms with Crippen molar-refractivity contribution in [1.29, 1.82) is 0 Å². The van der Waals surface area contributed by atoms with Gasteiger partial charge in [0.1, 0.15) is 0 Å². The van der Waals surface area contributed by atoms with Crippen molar-refractivity contribution >= 4 is 0 Å². The Morgan fingerprint density at radius 2 is 1.77 bits per heavy atom. The Balaban J connectivity index is 1.74. The second-order valence-corrected chi connectivity index (χ2v) is 4.81. The van der Waals surface area contributed by atoms with E-state index in [1.165, 1.54) is 19.3 Å². The Labute approximate surface area is 81.0 Å². The molecule has 0 radical (unpaired) electrons. The second-order valence-electron chi connectivity index (χ2n) is 4.81. The highest BCUT2D eigenvalue weighted by molar-refractivity contribution is 4.81. The summed E-state index contributed by atoms with van der Waals surface area (Å²) in [6.45, 7) is 6.87. The van der Waals surface area contributed by atoms with Crippen molar-refractivity contribution in [2.24, 2.45) is 11.8 Å². The van der Waals surface area contributed by atoms with Crippen LogP contribution in [0.3, 0.4) is 0 Å². The van der Waals surface area contributed by atoms with Gasteiger partial charge in [0.15, 0.2) is 0 Å². The summed E-state index contributed by atoms with van der Waals surface area (Å²) in [6, 6.07) is 0. The standard InChI is InChI=1S/C11H21NO/c1-8-3-4-10(5-9(8)2)13-11-6-12-7-11/h8-12H,3-7H2,1-2H3. The molecule has 3 atom stereocenters. The summed E-state index contributed by atoms with van der Waals surface area (Å²) in [6.07, 6.45) is 4.98. The molecule has 0 spiro atoms. The van der Waals surface area contributed by atoms with Gasteiger partial charge in [-0.05, 0) is 31.1 Å². The summed E-state index contributed by atoms with van der Waals surface area (Å²) in [4.78, 5) is 0. The number of hydrogen-bond acceptors (Lipinski definition) is 2. The van der Waals surface area contributed by atoms with Crippen LogP contribution in [0.5, 0.6) is 0 Å². The molecule has 0 aromatic heterocycles. The van der Waals surface area contributed by atoms with Gasteiger partial charge in [0.25, 0.3) is 0 Å². The van der Waals surface area contributed by atoms with Crippen LogP contribution in [-0.2, 0) is 4.74 Å². The van der Waals surface area contributed by atoms with Crippen molar-refractivity contribution in [2.45, 2.75) is 45.3 Å². The first kappa shape index (κ1) is 9.47. The highest BCUT2D eigenvalue weighted by Gasteiger charge is 2.28. The predicted octanol–water partition coefficient (Wildman–Crippen LogP) is 1.80. The minimum atomic E-state index is 0.519. The minimum Gasteiger partial charge on any atom is -0.372 e. The van der Waals surface area contributed by atoms with Gasteiger partial charge in [-0.15, -0.1) is 0 Å². The van der Waals surface area contributed by atoms with Crippen molar-refractivity contribution in [1.82, 2.24) is 5.32 Å². The Kier molecular flexibility index (Phi) is 2.89. The average Bonchev–Trinajstić information content (AvgIpc) is 2.04. The molecule has 0 aromatic carbocycles. The molecule has 2 aliphatic rings. The quantitative estimate of drug-likeness (QED) is 0.705. The van der Waals surface area contributed by atoms with Gasteiger partial charge in [0, 0.05) is 13.1 Å². The summed E-state index contributed by atoms with van der Waals surface area (Å²) >= 11 is 0. The lowest BCUT2D eigenvalue weighted by Crippen LogP contribution is -2.50. The smallest absolute Gasteiger partial charge is 0.0827 e. The molecule has 13 heavy (non-hydrogen) atoms. The van der Waals surface area contributed by atoms with Crippen LogP contribution >= 0.6 is 0 Å². The summed E-state index contributed by atoms with van der Waals surface area (Å²) in [5.41, 5.74) is 0. The zero-order chi connectivity index (χ0) is 9.26. The van der Waals surface area contributed by atoms with Crippen LogP contribution in [0.25, 0.3) is 0 Å². The Morgan fingerprint density at radius 3 is 2.31 bits per heavy atom. The van der Waals surface area contributed by atoms with E-state index in [9.17, 15) is 0 Å². The largest absolute Gasteiger partial charge is 0.372 e. The van der Waals surface area contributed by atoms with E-state index in [2.05, 4.69) is 19.2 Å². The van der Waals surface area contributed by atoms with Crippen LogP contribution in [0.1, 0.15) is 33.1 Å². The molecule has 2 rings (SSSR count). The molecule has 0 aromatic rings. The maximum Gasteiger partial charge on any atom is 0.0827 e. The van der Waals surface area contributed by atoms with Crippen molar-refractivity contribution in [2.75, 3.05) is 13.1 Å². The third-order valence-corrected chi connectivity index (χ3v) is 3.68. The lowest BCUT2D eigenvalue weighted by Gasteiger charge is -2.37. The summed E-state index contributed by atoms with van der Waals surface area (Å²) in [5.74, 6) is 1.76. The fourth-order valence-corrected chi connectivity index (χ4v) is 2.25. The maximum atomic E-state index is 5.98. The van der Waals surface area contributed by atoms with E-state index in [0.29, 0.717) is 12.2 Å². The van der Waals surface area contributed by atoms with E-state index in [1.54, 1.807) is 0 Å². The lowest BCUT2D eigenvalue weighted by atomic mass is 9.80. The van der Waals surface area contributed by atoms with E-state index in [0.717, 1.165) is 24.9 Å². The van der Waals surface area contributed by atoms with E-state index < -0.39 is 0 Å². The van der Waals surface area contributed by atoms with Gasteiger partial charge in [0.2, 0.25) is 0 Å². The summed E-state index contributed by atoms with van der Waals surface area (Å²) in [7, 11) is 0. The SMILES string of the molecule is CC1CCC(OC2CNC2)CC1C. The topological polar surface area (TPSA) is 21.3 Å². The fraction of sp³-hybridized carbons (Fsp3) is 1.00. The number of ether oxygens (including phenoxy) is 1. The minimum absolute atomic E-state index is 0.519. The average molecular weight is 183 g/mol. The van der Waals surface area contributed by atoms with Crippen LogP contribution in [0.2, 0.25) is 0 Å². The molecule has 1 aliphatic heterocycles. The molecular weight excluding hydrogens is 162 g/mol. The van der Waals surface area contributed by atoms with Crippen LogP contribution in [-0.4, -0.2) is 25.3 Å². The molecule has 1 saturated heterocycles. The van der Waals surface area contributed by atoms with Gasteiger partial charge in [-0.3, -0.25) is 0 Å². The van der Waals surface area contributed by atoms with E-state index in [1.807, 2.05) is 0 Å². The maximum absolute atomic E-state index is 5.98. The number of hydrogen-bond donors (Lipinski definition) is 1. The highest BCUT2D eigenvalue weighted by Crippen LogP contribution is 2.31. The number of rotatable bonds is 2. The molecule has 3 unspecified atom stereocenters. The summed E-state index contributed by atoms with van der Waals surface area (Å²) in [5, 5.41) is 3.25. The first-order valence-corrected chi connectivity index (χ1v) is 5.62. The van der Waals surface area contributed by atoms with Gasteiger partial charge in [-0.1, -0.05) is 13.8 Å². The van der Waals surface area contributed by atoms with E-state index >= 15 is 0 Å². The van der Waals surface area contributed by atoms with Crippen molar-refractivity contribution < 1.29 is 4.74 Å². The van der Waals surface area contributed by atoms with Crippen molar-refractivity contribution in [3.8, 4) is 0 Å². The predicted molar refractivity (Wildman–Crippen MR) is 53.7 cm³/mol. The normalized spacial score (nSPS) is 41.5. The highest BCUT2D eigenvalue weighted by atomic mass is 16.5. The fourth-order valence-electron chi connectivity index (χ4n) is 2.25. The molecule has 0 bridgehead atoms. The molecule has 2 heteroatoms. The van der Waals surface area contributed by atoms with Crippen molar-refractivity contribution in [3.63, 3.8) is 0 Å². The molecule has 2 nitrogen and oxygen atoms in total. The monoisotopic (exact) mass is 183 g/mol. The van der Waals surface area contributed by atoms with E-state index in [4.69, 9.17) is 4.74 Å². The summed E-state index contributed by atoms with van der Waals surface area (Å²) < 4.78 is 5.98. The van der Waals surface area contributed by atoms with Crippen LogP contribution in [0, 0.1) is 11.8 Å². The zero-order valence-corrected chi connectivity index (χ0v) is 8.75. The van der Waals surface area contributed by atoms with Crippen LogP contribution < -0.4 is 5.32 Å². The molecule has 1 N–H and O–H groups in total. The van der Waals surface area contributed by atoms with Gasteiger partial charge in [-0.2, -0.15) is 0 Å². The van der Waals surface area contributed by atoms with Gasteiger partial charge in [0.05, 0.1) is 12.2 Å². The molecule has 0 amide bonds. The second kappa shape index (κ2) is 3.97. The third kappa shape index (κ3) is 2.23. The first-order valence-electron chi connectivity index (χ1n) is 5.62. The Morgan fingerprint density at radius 1 is 1.00 bits per heavy atom. The lowest BCUT2D eigenvalue weighted by molar-refractivity contribution is -0.0663. The molecule has 76 valence electrons. The van der Waals surface area contributed by atoms with Crippen molar-refractivity contribution in [3.05, 3.63) is 0 Å². The van der Waals surface area contributed by atoms with Crippen LogP contribution in [0.4, 0.5) is 0 Å². The van der Waals surface area contributed by atoms with Gasteiger partial charge in [-0.25, -0.2) is 0 Å². The van der Waals surface area contributed by atoms with Gasteiger partial charge < -0.3 is 10.1 Å². The third-order valence-electron chi connectivity index (χ3n) is 3.68. The molecular formula is C11H21NO. The zero-order valence-electron chi connectivity index (χ0n) is 8.75. The van der Waals surface area contributed by atoms with E-state index in [-0.39, 0.29) is 0 Å². The molecule has 1 heterocycles. The first-order chi connectivity index (χ1) is 6.25. The Hall–Kier alpha value is -0.0800. The number of nitrogens with one attached hydrogen (secondary N) is 1.